The minimum Gasteiger partial charge on any atom is -0.489 e. The molecule has 0 aliphatic heterocycles. The number of amides is 1. The molecule has 0 bridgehead atoms. The molecule has 0 atom stereocenters. The normalized spacial score (nSPS) is 10.9. The zero-order chi connectivity index (χ0) is 21.2. The minimum absolute atomic E-state index is 0.152. The second-order valence-electron chi connectivity index (χ2n) is 6.40. The average Bonchev–Trinajstić information content (AvgIpc) is 2.74. The number of rotatable bonds is 9. The van der Waals surface area contributed by atoms with Crippen molar-refractivity contribution in [3.8, 4) is 5.75 Å². The van der Waals surface area contributed by atoms with Gasteiger partial charge in [0.15, 0.2) is 0 Å². The summed E-state index contributed by atoms with van der Waals surface area (Å²) in [6, 6.07) is 22.6. The Morgan fingerprint density at radius 2 is 1.73 bits per heavy atom. The molecule has 0 aliphatic rings. The molecule has 3 aromatic rings. The predicted molar refractivity (Wildman–Crippen MR) is 126 cm³/mol. The number of hydrogen-bond donors (Lipinski definition) is 1. The van der Waals surface area contributed by atoms with Crippen molar-refractivity contribution in [2.75, 3.05) is 5.75 Å². The van der Waals surface area contributed by atoms with Gasteiger partial charge in [0.05, 0.1) is 12.0 Å². The lowest BCUT2D eigenvalue weighted by atomic mass is 10.2. The molecule has 3 rings (SSSR count). The fraction of sp³-hybridized carbons (Fsp3) is 0.130. The van der Waals surface area contributed by atoms with Crippen LogP contribution >= 0.6 is 35.0 Å². The zero-order valence-corrected chi connectivity index (χ0v) is 18.4. The summed E-state index contributed by atoms with van der Waals surface area (Å²) in [4.78, 5) is 11.9. The van der Waals surface area contributed by atoms with E-state index >= 15 is 0 Å². The maximum atomic E-state index is 11.9. The van der Waals surface area contributed by atoms with Gasteiger partial charge in [-0.05, 0) is 65.2 Å². The van der Waals surface area contributed by atoms with Gasteiger partial charge in [0.2, 0.25) is 5.91 Å². The van der Waals surface area contributed by atoms with Crippen LogP contribution in [0.15, 0.2) is 77.9 Å². The van der Waals surface area contributed by atoms with Crippen LogP contribution < -0.4 is 10.2 Å². The first-order valence-corrected chi connectivity index (χ1v) is 11.1. The number of carbonyl (C=O) groups is 1. The summed E-state index contributed by atoms with van der Waals surface area (Å²) in [6.07, 6.45) is 1.60. The van der Waals surface area contributed by atoms with Crippen LogP contribution in [0.1, 0.15) is 16.7 Å². The molecule has 4 nitrogen and oxygen atoms in total. The summed E-state index contributed by atoms with van der Waals surface area (Å²) < 4.78 is 5.75. The molecule has 3 aromatic carbocycles. The van der Waals surface area contributed by atoms with Gasteiger partial charge in [-0.3, -0.25) is 4.79 Å². The third-order valence-electron chi connectivity index (χ3n) is 3.99. The van der Waals surface area contributed by atoms with Crippen LogP contribution in [-0.2, 0) is 17.2 Å². The van der Waals surface area contributed by atoms with Crippen LogP contribution in [0.4, 0.5) is 0 Å². The molecule has 1 N–H and O–H groups in total. The number of benzene rings is 3. The van der Waals surface area contributed by atoms with E-state index < -0.39 is 0 Å². The third-order valence-corrected chi connectivity index (χ3v) is 5.48. The Labute approximate surface area is 190 Å². The number of halogens is 2. The Bertz CT molecular complexity index is 993. The molecule has 1 amide bonds. The summed E-state index contributed by atoms with van der Waals surface area (Å²) >= 11 is 13.3. The molecule has 0 spiro atoms. The number of hydrazone groups is 1. The SMILES string of the molecule is O=C(CSCc1cccc(Cl)c1)NN=Cc1ccc(OCc2ccc(Cl)cc2)cc1. The molecule has 30 heavy (non-hydrogen) atoms. The van der Waals surface area contributed by atoms with Crippen LogP contribution in [-0.4, -0.2) is 17.9 Å². The number of hydrogen-bond acceptors (Lipinski definition) is 4. The van der Waals surface area contributed by atoms with Crippen molar-refractivity contribution in [2.24, 2.45) is 5.10 Å². The van der Waals surface area contributed by atoms with Crippen molar-refractivity contribution in [1.82, 2.24) is 5.43 Å². The highest BCUT2D eigenvalue weighted by molar-refractivity contribution is 7.99. The van der Waals surface area contributed by atoms with E-state index in [1.165, 1.54) is 11.8 Å². The largest absolute Gasteiger partial charge is 0.489 e. The summed E-state index contributed by atoms with van der Waals surface area (Å²) in [7, 11) is 0. The highest BCUT2D eigenvalue weighted by atomic mass is 35.5. The third kappa shape index (κ3) is 7.75. The van der Waals surface area contributed by atoms with Crippen molar-refractivity contribution >= 4 is 47.1 Å². The number of carbonyl (C=O) groups excluding carboxylic acids is 1. The van der Waals surface area contributed by atoms with Gasteiger partial charge in [0, 0.05) is 15.8 Å². The fourth-order valence-corrected chi connectivity index (χ4v) is 3.60. The maximum absolute atomic E-state index is 11.9. The van der Waals surface area contributed by atoms with Crippen LogP contribution in [0.5, 0.6) is 5.75 Å². The highest BCUT2D eigenvalue weighted by Crippen LogP contribution is 2.17. The first-order valence-electron chi connectivity index (χ1n) is 9.20. The lowest BCUT2D eigenvalue weighted by molar-refractivity contribution is -0.118. The van der Waals surface area contributed by atoms with E-state index in [0.717, 1.165) is 28.2 Å². The quantitative estimate of drug-likeness (QED) is 0.318. The second kappa shape index (κ2) is 11.6. The van der Waals surface area contributed by atoms with Gasteiger partial charge in [-0.15, -0.1) is 11.8 Å². The molecule has 0 aliphatic carbocycles. The van der Waals surface area contributed by atoms with Crippen LogP contribution in [0.25, 0.3) is 0 Å². The van der Waals surface area contributed by atoms with E-state index in [4.69, 9.17) is 27.9 Å². The lowest BCUT2D eigenvalue weighted by Gasteiger charge is -2.06. The second-order valence-corrected chi connectivity index (χ2v) is 8.26. The molecule has 0 fully saturated rings. The standard InChI is InChI=1S/C23H20Cl2N2O2S/c24-20-8-4-18(5-9-20)14-29-22-10-6-17(7-11-22)13-26-27-23(28)16-30-15-19-2-1-3-21(25)12-19/h1-13H,14-16H2,(H,27,28). The molecule has 0 saturated heterocycles. The van der Waals surface area contributed by atoms with Gasteiger partial charge in [-0.1, -0.05) is 47.5 Å². The van der Waals surface area contributed by atoms with Gasteiger partial charge in [-0.25, -0.2) is 5.43 Å². The number of thioether (sulfide) groups is 1. The molecule has 0 heterocycles. The summed E-state index contributed by atoms with van der Waals surface area (Å²) in [6.45, 7) is 0.466. The van der Waals surface area contributed by atoms with E-state index in [1.54, 1.807) is 6.21 Å². The molecular formula is C23H20Cl2N2O2S. The number of ether oxygens (including phenoxy) is 1. The number of nitrogens with zero attached hydrogens (tertiary/aromatic N) is 1. The van der Waals surface area contributed by atoms with Crippen molar-refractivity contribution < 1.29 is 9.53 Å². The van der Waals surface area contributed by atoms with Gasteiger partial charge in [0.1, 0.15) is 12.4 Å². The molecule has 0 radical (unpaired) electrons. The molecular weight excluding hydrogens is 439 g/mol. The van der Waals surface area contributed by atoms with E-state index in [0.29, 0.717) is 22.4 Å². The average molecular weight is 459 g/mol. The minimum atomic E-state index is -0.152. The van der Waals surface area contributed by atoms with Crippen LogP contribution in [0.2, 0.25) is 10.0 Å². The lowest BCUT2D eigenvalue weighted by Crippen LogP contribution is -2.19. The molecule has 0 aromatic heterocycles. The Morgan fingerprint density at radius 1 is 0.967 bits per heavy atom. The molecule has 0 saturated carbocycles. The smallest absolute Gasteiger partial charge is 0.250 e. The van der Waals surface area contributed by atoms with Crippen molar-refractivity contribution in [3.63, 3.8) is 0 Å². The fourth-order valence-electron chi connectivity index (χ4n) is 2.50. The van der Waals surface area contributed by atoms with E-state index in [-0.39, 0.29) is 5.91 Å². The van der Waals surface area contributed by atoms with Crippen molar-refractivity contribution in [1.29, 1.82) is 0 Å². The molecule has 0 unspecified atom stereocenters. The monoisotopic (exact) mass is 458 g/mol. The van der Waals surface area contributed by atoms with Crippen molar-refractivity contribution in [3.05, 3.63) is 99.5 Å². The van der Waals surface area contributed by atoms with E-state index in [1.807, 2.05) is 72.8 Å². The van der Waals surface area contributed by atoms with E-state index in [9.17, 15) is 4.79 Å². The topological polar surface area (TPSA) is 50.7 Å². The summed E-state index contributed by atoms with van der Waals surface area (Å²) in [5.41, 5.74) is 5.53. The summed E-state index contributed by atoms with van der Waals surface area (Å²) in [5.74, 6) is 1.64. The van der Waals surface area contributed by atoms with Gasteiger partial charge in [0.25, 0.3) is 0 Å². The maximum Gasteiger partial charge on any atom is 0.250 e. The highest BCUT2D eigenvalue weighted by Gasteiger charge is 2.01. The van der Waals surface area contributed by atoms with Gasteiger partial charge >= 0.3 is 0 Å². The van der Waals surface area contributed by atoms with Crippen LogP contribution in [0.3, 0.4) is 0 Å². The Kier molecular flexibility index (Phi) is 8.63. The Morgan fingerprint density at radius 3 is 2.47 bits per heavy atom. The van der Waals surface area contributed by atoms with E-state index in [2.05, 4.69) is 10.5 Å². The zero-order valence-electron chi connectivity index (χ0n) is 16.1. The first-order chi connectivity index (χ1) is 14.6. The predicted octanol–water partition coefficient (Wildman–Crippen LogP) is 5.96. The number of nitrogens with one attached hydrogen (secondary N) is 1. The first kappa shape index (κ1) is 22.2. The van der Waals surface area contributed by atoms with Crippen molar-refractivity contribution in [2.45, 2.75) is 12.4 Å². The van der Waals surface area contributed by atoms with Crippen LogP contribution in [0, 0.1) is 0 Å². The van der Waals surface area contributed by atoms with Gasteiger partial charge in [-0.2, -0.15) is 5.10 Å². The van der Waals surface area contributed by atoms with Gasteiger partial charge < -0.3 is 4.74 Å². The Balaban J connectivity index is 1.38. The Hall–Kier alpha value is -2.47. The summed E-state index contributed by atoms with van der Waals surface area (Å²) in [5, 5.41) is 5.40. The molecule has 7 heteroatoms. The molecule has 154 valence electrons.